The van der Waals surface area contributed by atoms with Gasteiger partial charge < -0.3 is 21.3 Å². The van der Waals surface area contributed by atoms with Gasteiger partial charge in [-0.1, -0.05) is 48.5 Å². The molecule has 0 aromatic heterocycles. The van der Waals surface area contributed by atoms with Crippen LogP contribution in [0.25, 0.3) is 0 Å². The van der Waals surface area contributed by atoms with Crippen molar-refractivity contribution in [2.75, 3.05) is 18.4 Å². The first-order chi connectivity index (χ1) is 13.0. The van der Waals surface area contributed by atoms with E-state index >= 15 is 0 Å². The number of urea groups is 1. The Morgan fingerprint density at radius 1 is 1.00 bits per heavy atom. The highest BCUT2D eigenvalue weighted by atomic mass is 16.2. The molecule has 3 rings (SSSR count). The number of para-hydroxylation sites is 1. The number of nitrogens with zero attached hydrogens (tertiary/aromatic N) is 1. The van der Waals surface area contributed by atoms with E-state index in [2.05, 4.69) is 10.6 Å². The summed E-state index contributed by atoms with van der Waals surface area (Å²) in [5.41, 5.74) is 6.85. The first kappa shape index (κ1) is 18.9. The lowest BCUT2D eigenvalue weighted by atomic mass is 9.90. The second-order valence-corrected chi connectivity index (χ2v) is 7.10. The van der Waals surface area contributed by atoms with Gasteiger partial charge in [0.05, 0.1) is 0 Å². The van der Waals surface area contributed by atoms with Gasteiger partial charge in [-0.15, -0.1) is 0 Å². The number of nitrogens with one attached hydrogen (secondary N) is 2. The number of nitrogens with two attached hydrogens (primary N) is 1. The fourth-order valence-electron chi connectivity index (χ4n) is 3.34. The van der Waals surface area contributed by atoms with Crippen LogP contribution >= 0.6 is 0 Å². The van der Waals surface area contributed by atoms with Gasteiger partial charge in [-0.2, -0.15) is 0 Å². The Hall–Kier alpha value is -2.86. The third-order valence-electron chi connectivity index (χ3n) is 4.97. The maximum Gasteiger partial charge on any atom is 0.319 e. The highest BCUT2D eigenvalue weighted by Crippen LogP contribution is 2.22. The molecule has 0 spiro atoms. The predicted octanol–water partition coefficient (Wildman–Crippen LogP) is 2.67. The molecule has 0 saturated carbocycles. The number of amides is 3. The summed E-state index contributed by atoms with van der Waals surface area (Å²) in [6.45, 7) is 2.91. The van der Waals surface area contributed by atoms with Crippen LogP contribution in [0, 0.1) is 0 Å². The van der Waals surface area contributed by atoms with E-state index in [-0.39, 0.29) is 18.0 Å². The molecule has 6 heteroatoms. The van der Waals surface area contributed by atoms with Crippen LogP contribution in [0.3, 0.4) is 0 Å². The molecule has 0 radical (unpaired) electrons. The molecule has 1 unspecified atom stereocenters. The van der Waals surface area contributed by atoms with E-state index in [1.54, 1.807) is 11.8 Å². The lowest BCUT2D eigenvalue weighted by Gasteiger charge is -2.37. The molecule has 1 fully saturated rings. The van der Waals surface area contributed by atoms with Gasteiger partial charge in [0.25, 0.3) is 0 Å². The molecule has 2 aromatic carbocycles. The molecule has 6 nitrogen and oxygen atoms in total. The number of benzene rings is 2. The van der Waals surface area contributed by atoms with E-state index in [1.165, 1.54) is 0 Å². The van der Waals surface area contributed by atoms with Crippen LogP contribution in [-0.2, 0) is 10.3 Å². The van der Waals surface area contributed by atoms with Crippen LogP contribution in [0.4, 0.5) is 10.5 Å². The quantitative estimate of drug-likeness (QED) is 0.777. The van der Waals surface area contributed by atoms with Gasteiger partial charge in [0, 0.05) is 24.8 Å². The summed E-state index contributed by atoms with van der Waals surface area (Å²) in [4.78, 5) is 26.8. The second kappa shape index (κ2) is 8.22. The SMILES string of the molecule is CC(N)(C(=O)N1CCC(NC(=O)Nc2ccccc2)CC1)c1ccccc1. The molecule has 1 heterocycles. The third kappa shape index (κ3) is 4.65. The van der Waals surface area contributed by atoms with Gasteiger partial charge in [0.1, 0.15) is 5.54 Å². The van der Waals surface area contributed by atoms with E-state index in [0.29, 0.717) is 25.9 Å². The summed E-state index contributed by atoms with van der Waals surface area (Å²) in [6.07, 6.45) is 1.41. The minimum Gasteiger partial charge on any atom is -0.341 e. The highest BCUT2D eigenvalue weighted by molar-refractivity contribution is 5.89. The van der Waals surface area contributed by atoms with Crippen molar-refractivity contribution in [3.05, 3.63) is 66.2 Å². The Bertz CT molecular complexity index is 769. The Kier molecular flexibility index (Phi) is 5.76. The fourth-order valence-corrected chi connectivity index (χ4v) is 3.34. The highest BCUT2D eigenvalue weighted by Gasteiger charge is 2.36. The van der Waals surface area contributed by atoms with Gasteiger partial charge in [-0.3, -0.25) is 4.79 Å². The lowest BCUT2D eigenvalue weighted by Crippen LogP contribution is -2.55. The molecule has 142 valence electrons. The summed E-state index contributed by atoms with van der Waals surface area (Å²) < 4.78 is 0. The van der Waals surface area contributed by atoms with Crippen molar-refractivity contribution in [2.24, 2.45) is 5.73 Å². The third-order valence-corrected chi connectivity index (χ3v) is 4.97. The second-order valence-electron chi connectivity index (χ2n) is 7.10. The summed E-state index contributed by atoms with van der Waals surface area (Å²) in [7, 11) is 0. The zero-order valence-corrected chi connectivity index (χ0v) is 15.5. The van der Waals surface area contributed by atoms with E-state index in [0.717, 1.165) is 11.3 Å². The van der Waals surface area contributed by atoms with E-state index in [1.807, 2.05) is 60.7 Å². The lowest BCUT2D eigenvalue weighted by molar-refractivity contribution is -0.137. The van der Waals surface area contributed by atoms with Crippen molar-refractivity contribution in [3.63, 3.8) is 0 Å². The predicted molar refractivity (Wildman–Crippen MR) is 106 cm³/mol. The molecule has 27 heavy (non-hydrogen) atoms. The normalized spacial score (nSPS) is 17.0. The van der Waals surface area contributed by atoms with Crippen molar-refractivity contribution in [1.82, 2.24) is 10.2 Å². The van der Waals surface area contributed by atoms with Crippen LogP contribution in [0.5, 0.6) is 0 Å². The molecule has 1 aliphatic rings. The van der Waals surface area contributed by atoms with Crippen molar-refractivity contribution >= 4 is 17.6 Å². The van der Waals surface area contributed by atoms with Crippen molar-refractivity contribution in [3.8, 4) is 0 Å². The first-order valence-electron chi connectivity index (χ1n) is 9.23. The number of anilines is 1. The summed E-state index contributed by atoms with van der Waals surface area (Å²) in [5, 5.41) is 5.80. The number of hydrogen-bond donors (Lipinski definition) is 3. The Balaban J connectivity index is 1.51. The molecule has 4 N–H and O–H groups in total. The molecule has 0 aliphatic carbocycles. The van der Waals surface area contributed by atoms with Crippen LogP contribution in [0.1, 0.15) is 25.3 Å². The molecule has 1 saturated heterocycles. The number of rotatable bonds is 4. The van der Waals surface area contributed by atoms with Crippen molar-refractivity contribution in [2.45, 2.75) is 31.3 Å². The zero-order chi connectivity index (χ0) is 19.3. The molecule has 3 amide bonds. The molecule has 1 atom stereocenters. The average Bonchev–Trinajstić information content (AvgIpc) is 2.69. The number of carbonyl (C=O) groups excluding carboxylic acids is 2. The van der Waals surface area contributed by atoms with E-state index in [9.17, 15) is 9.59 Å². The van der Waals surface area contributed by atoms with Crippen LogP contribution < -0.4 is 16.4 Å². The van der Waals surface area contributed by atoms with Crippen molar-refractivity contribution in [1.29, 1.82) is 0 Å². The Morgan fingerprint density at radius 2 is 1.56 bits per heavy atom. The standard InChI is InChI=1S/C21H26N4O2/c1-21(22,16-8-4-2-5-9-16)19(26)25-14-12-18(13-15-25)24-20(27)23-17-10-6-3-7-11-17/h2-11,18H,12-15,22H2,1H3,(H2,23,24,27). The monoisotopic (exact) mass is 366 g/mol. The molecular formula is C21H26N4O2. The largest absolute Gasteiger partial charge is 0.341 e. The van der Waals surface area contributed by atoms with Crippen LogP contribution in [0.15, 0.2) is 60.7 Å². The number of carbonyl (C=O) groups is 2. The number of likely N-dealkylation sites (tertiary alicyclic amines) is 1. The molecular weight excluding hydrogens is 340 g/mol. The topological polar surface area (TPSA) is 87.5 Å². The van der Waals surface area contributed by atoms with Gasteiger partial charge in [0.15, 0.2) is 0 Å². The fraction of sp³-hybridized carbons (Fsp3) is 0.333. The van der Waals surface area contributed by atoms with Gasteiger partial charge in [-0.25, -0.2) is 4.79 Å². The number of hydrogen-bond acceptors (Lipinski definition) is 3. The van der Waals surface area contributed by atoms with Gasteiger partial charge >= 0.3 is 6.03 Å². The van der Waals surface area contributed by atoms with Crippen LogP contribution in [-0.4, -0.2) is 36.0 Å². The summed E-state index contributed by atoms with van der Waals surface area (Å²) >= 11 is 0. The van der Waals surface area contributed by atoms with Gasteiger partial charge in [-0.05, 0) is 37.5 Å². The maximum atomic E-state index is 12.9. The van der Waals surface area contributed by atoms with E-state index < -0.39 is 5.54 Å². The minimum absolute atomic E-state index is 0.0403. The average molecular weight is 366 g/mol. The number of piperidine rings is 1. The Morgan fingerprint density at radius 3 is 2.15 bits per heavy atom. The smallest absolute Gasteiger partial charge is 0.319 e. The first-order valence-corrected chi connectivity index (χ1v) is 9.23. The Labute approximate surface area is 159 Å². The maximum absolute atomic E-state index is 12.9. The molecule has 1 aliphatic heterocycles. The van der Waals surface area contributed by atoms with Gasteiger partial charge in [0.2, 0.25) is 5.91 Å². The summed E-state index contributed by atoms with van der Waals surface area (Å²) in [6, 6.07) is 18.6. The molecule has 0 bridgehead atoms. The molecule has 2 aromatic rings. The van der Waals surface area contributed by atoms with Crippen LogP contribution in [0.2, 0.25) is 0 Å². The zero-order valence-electron chi connectivity index (χ0n) is 15.5. The summed E-state index contributed by atoms with van der Waals surface area (Å²) in [5.74, 6) is -0.0825. The minimum atomic E-state index is -1.05. The van der Waals surface area contributed by atoms with E-state index in [4.69, 9.17) is 5.73 Å². The van der Waals surface area contributed by atoms with Crippen molar-refractivity contribution < 1.29 is 9.59 Å².